The Bertz CT molecular complexity index is 758. The summed E-state index contributed by atoms with van der Waals surface area (Å²) < 4.78 is 20.3. The molecule has 0 bridgehead atoms. The van der Waals surface area contributed by atoms with Gasteiger partial charge < -0.3 is 4.74 Å². The fraction of sp³-hybridized carbons (Fsp3) is 0.400. The Morgan fingerprint density at radius 1 is 1.12 bits per heavy atom. The molecule has 5 heteroatoms. The Morgan fingerprint density at radius 3 is 2.60 bits per heavy atom. The van der Waals surface area contributed by atoms with Gasteiger partial charge >= 0.3 is 0 Å². The van der Waals surface area contributed by atoms with Crippen LogP contribution in [0.3, 0.4) is 0 Å². The molecule has 1 fully saturated rings. The number of likely N-dealkylation sites (tertiary alicyclic amines) is 1. The van der Waals surface area contributed by atoms with E-state index in [1.165, 1.54) is 11.6 Å². The van der Waals surface area contributed by atoms with Crippen LogP contribution in [-0.4, -0.2) is 23.6 Å². The van der Waals surface area contributed by atoms with E-state index in [2.05, 4.69) is 22.2 Å². The lowest BCUT2D eigenvalue weighted by Gasteiger charge is -2.45. The average Bonchev–Trinajstić information content (AvgIpc) is 2.65. The Labute approximate surface area is 146 Å². The molecule has 2 aromatic rings. The summed E-state index contributed by atoms with van der Waals surface area (Å²) in [6.45, 7) is 2.63. The maximum atomic E-state index is 14.2. The van der Waals surface area contributed by atoms with Gasteiger partial charge in [-0.25, -0.2) is 4.39 Å². The second kappa shape index (κ2) is 6.56. The van der Waals surface area contributed by atoms with Crippen LogP contribution in [0.25, 0.3) is 0 Å². The van der Waals surface area contributed by atoms with Crippen molar-refractivity contribution < 1.29 is 9.13 Å². The third-order valence-corrected chi connectivity index (χ3v) is 5.38. The fourth-order valence-corrected chi connectivity index (χ4v) is 3.98. The number of halogens is 1. The van der Waals surface area contributed by atoms with Gasteiger partial charge in [-0.1, -0.05) is 47.6 Å². The van der Waals surface area contributed by atoms with Gasteiger partial charge in [-0.05, 0) is 24.5 Å². The number of hydrogen-bond acceptors (Lipinski definition) is 4. The molecule has 2 aliphatic heterocycles. The quantitative estimate of drug-likeness (QED) is 0.775. The van der Waals surface area contributed by atoms with Crippen molar-refractivity contribution in [1.29, 1.82) is 0 Å². The van der Waals surface area contributed by atoms with Crippen LogP contribution in [0.15, 0.2) is 53.7 Å². The number of benzene rings is 2. The summed E-state index contributed by atoms with van der Waals surface area (Å²) in [7, 11) is 0. The Balaban J connectivity index is 1.49. The van der Waals surface area contributed by atoms with Crippen LogP contribution < -0.4 is 4.74 Å². The van der Waals surface area contributed by atoms with Crippen LogP contribution in [0.5, 0.6) is 5.75 Å². The molecular weight excluding hydrogens is 319 g/mol. The first-order valence-corrected chi connectivity index (χ1v) is 8.75. The van der Waals surface area contributed by atoms with E-state index in [1.54, 1.807) is 12.1 Å². The molecule has 1 atom stereocenters. The molecule has 25 heavy (non-hydrogen) atoms. The SMILES string of the molecule is O=NC1CC2(CCN(Cc3ccccc3)CC2)Oc2c(F)cccc21. The van der Waals surface area contributed by atoms with Crippen LogP contribution in [-0.2, 0) is 6.54 Å². The Hall–Kier alpha value is -2.27. The van der Waals surface area contributed by atoms with E-state index in [4.69, 9.17) is 4.74 Å². The predicted molar refractivity (Wildman–Crippen MR) is 93.9 cm³/mol. The molecule has 0 radical (unpaired) electrons. The second-order valence-electron chi connectivity index (χ2n) is 7.03. The maximum Gasteiger partial charge on any atom is 0.165 e. The molecule has 1 saturated heterocycles. The van der Waals surface area contributed by atoms with Crippen molar-refractivity contribution in [3.8, 4) is 5.75 Å². The highest BCUT2D eigenvalue weighted by Gasteiger charge is 2.44. The first kappa shape index (κ1) is 16.2. The lowest BCUT2D eigenvalue weighted by atomic mass is 9.80. The lowest BCUT2D eigenvalue weighted by Crippen LogP contribution is -2.50. The number of nitroso groups, excluding NO2 is 1. The molecule has 0 aromatic heterocycles. The number of ether oxygens (including phenoxy) is 1. The number of rotatable bonds is 3. The predicted octanol–water partition coefficient (Wildman–Crippen LogP) is 4.45. The monoisotopic (exact) mass is 340 g/mol. The lowest BCUT2D eigenvalue weighted by molar-refractivity contribution is -0.0261. The first-order chi connectivity index (χ1) is 12.2. The standard InChI is InChI=1S/C20H21FN2O2/c21-17-8-4-7-16-18(22-24)13-20(25-19(16)17)9-11-23(12-10-20)14-15-5-2-1-3-6-15/h1-8,18H,9-14H2. The zero-order valence-electron chi connectivity index (χ0n) is 14.0. The number of para-hydroxylation sites is 1. The van der Waals surface area contributed by atoms with Gasteiger partial charge in [0.25, 0.3) is 0 Å². The molecule has 2 heterocycles. The van der Waals surface area contributed by atoms with Crippen LogP contribution >= 0.6 is 0 Å². The highest BCUT2D eigenvalue weighted by Crippen LogP contribution is 2.46. The van der Waals surface area contributed by atoms with Gasteiger partial charge in [0, 0.05) is 31.6 Å². The van der Waals surface area contributed by atoms with Gasteiger partial charge in [0.15, 0.2) is 11.6 Å². The minimum atomic E-state index is -0.528. The molecule has 1 spiro atoms. The number of fused-ring (bicyclic) bond motifs is 1. The van der Waals surface area contributed by atoms with Gasteiger partial charge in [0.05, 0.1) is 0 Å². The van der Waals surface area contributed by atoms with Crippen LogP contribution in [0.1, 0.15) is 36.4 Å². The van der Waals surface area contributed by atoms with Crippen molar-refractivity contribution in [1.82, 2.24) is 4.90 Å². The summed E-state index contributed by atoms with van der Waals surface area (Å²) in [5, 5.41) is 3.26. The minimum Gasteiger partial charge on any atom is -0.484 e. The zero-order chi connectivity index (χ0) is 17.3. The fourth-order valence-electron chi connectivity index (χ4n) is 3.98. The molecule has 4 rings (SSSR count). The summed E-state index contributed by atoms with van der Waals surface area (Å²) in [6, 6.07) is 14.6. The summed E-state index contributed by atoms with van der Waals surface area (Å²) in [5.74, 6) is -0.188. The van der Waals surface area contributed by atoms with Crippen molar-refractivity contribution in [2.24, 2.45) is 5.18 Å². The number of hydrogen-bond donors (Lipinski definition) is 0. The third-order valence-electron chi connectivity index (χ3n) is 5.38. The van der Waals surface area contributed by atoms with Crippen LogP contribution in [0.2, 0.25) is 0 Å². The van der Waals surface area contributed by atoms with Crippen molar-refractivity contribution in [2.75, 3.05) is 13.1 Å². The van der Waals surface area contributed by atoms with Gasteiger partial charge in [-0.2, -0.15) is 4.91 Å². The van der Waals surface area contributed by atoms with Crippen molar-refractivity contribution in [3.05, 3.63) is 70.4 Å². The van der Waals surface area contributed by atoms with E-state index < -0.39 is 17.5 Å². The van der Waals surface area contributed by atoms with Crippen molar-refractivity contribution in [2.45, 2.75) is 37.5 Å². The summed E-state index contributed by atoms with van der Waals surface area (Å²) in [5.41, 5.74) is 1.38. The topological polar surface area (TPSA) is 41.9 Å². The van der Waals surface area contributed by atoms with E-state index in [9.17, 15) is 9.30 Å². The third kappa shape index (κ3) is 3.16. The van der Waals surface area contributed by atoms with Crippen LogP contribution in [0, 0.1) is 10.7 Å². The molecule has 0 amide bonds. The molecule has 130 valence electrons. The van der Waals surface area contributed by atoms with Gasteiger partial charge in [0.1, 0.15) is 11.6 Å². The Kier molecular flexibility index (Phi) is 4.25. The molecule has 2 aliphatic rings. The highest BCUT2D eigenvalue weighted by molar-refractivity contribution is 5.40. The van der Waals surface area contributed by atoms with Gasteiger partial charge in [-0.3, -0.25) is 4.90 Å². The van der Waals surface area contributed by atoms with E-state index in [0.717, 1.165) is 32.5 Å². The molecule has 0 aliphatic carbocycles. The summed E-state index contributed by atoms with van der Waals surface area (Å²) in [4.78, 5) is 13.7. The molecule has 4 nitrogen and oxygen atoms in total. The number of piperidine rings is 1. The molecule has 2 aromatic carbocycles. The average molecular weight is 340 g/mol. The van der Waals surface area contributed by atoms with E-state index in [-0.39, 0.29) is 5.75 Å². The molecule has 0 N–H and O–H groups in total. The highest BCUT2D eigenvalue weighted by atomic mass is 19.1. The smallest absolute Gasteiger partial charge is 0.165 e. The van der Waals surface area contributed by atoms with Gasteiger partial charge in [-0.15, -0.1) is 0 Å². The van der Waals surface area contributed by atoms with E-state index in [0.29, 0.717) is 12.0 Å². The van der Waals surface area contributed by atoms with E-state index in [1.807, 2.05) is 18.2 Å². The molecule has 1 unspecified atom stereocenters. The van der Waals surface area contributed by atoms with Crippen LogP contribution in [0.4, 0.5) is 4.39 Å². The summed E-state index contributed by atoms with van der Waals surface area (Å²) in [6.07, 6.45) is 2.09. The largest absolute Gasteiger partial charge is 0.484 e. The second-order valence-corrected chi connectivity index (χ2v) is 7.03. The normalized spacial score (nSPS) is 22.2. The summed E-state index contributed by atoms with van der Waals surface area (Å²) >= 11 is 0. The van der Waals surface area contributed by atoms with Crippen molar-refractivity contribution >= 4 is 0 Å². The molecule has 0 saturated carbocycles. The maximum absolute atomic E-state index is 14.2. The van der Waals surface area contributed by atoms with Crippen molar-refractivity contribution in [3.63, 3.8) is 0 Å². The first-order valence-electron chi connectivity index (χ1n) is 8.75. The number of nitrogens with zero attached hydrogens (tertiary/aromatic N) is 2. The molecular formula is C20H21FN2O2. The van der Waals surface area contributed by atoms with Gasteiger partial charge in [0.2, 0.25) is 0 Å². The Morgan fingerprint density at radius 2 is 1.88 bits per heavy atom. The zero-order valence-corrected chi connectivity index (χ0v) is 14.0. The minimum absolute atomic E-state index is 0.217. The van der Waals surface area contributed by atoms with E-state index >= 15 is 0 Å².